The maximum atomic E-state index is 2.50. The molecule has 0 amide bonds. The molecule has 0 N–H and O–H groups in total. The zero-order valence-corrected chi connectivity index (χ0v) is 31.4. The third-order valence-corrected chi connectivity index (χ3v) is 15.3. The van der Waals surface area contributed by atoms with E-state index in [2.05, 4.69) is 169 Å². The fourth-order valence-corrected chi connectivity index (χ4v) is 13.6. The van der Waals surface area contributed by atoms with Crippen molar-refractivity contribution < 1.29 is 22.9 Å². The number of benzene rings is 5. The molecule has 0 nitrogen and oxygen atoms in total. The minimum atomic E-state index is -1.15. The van der Waals surface area contributed by atoms with E-state index < -0.39 is 22.9 Å². The van der Waals surface area contributed by atoms with Crippen LogP contribution in [0, 0.1) is 0 Å². The van der Waals surface area contributed by atoms with Crippen molar-refractivity contribution in [2.75, 3.05) is 0 Å². The quantitative estimate of drug-likeness (QED) is 0.154. The van der Waals surface area contributed by atoms with Gasteiger partial charge in [-0.1, -0.05) is 60.7 Å². The minimum absolute atomic E-state index is 0.185. The molecule has 5 aromatic carbocycles. The van der Waals surface area contributed by atoms with Crippen molar-refractivity contribution in [3.8, 4) is 11.1 Å². The van der Waals surface area contributed by atoms with Gasteiger partial charge in [-0.15, -0.1) is 0 Å². The summed E-state index contributed by atoms with van der Waals surface area (Å²) in [5.41, 5.74) is 15.4. The van der Waals surface area contributed by atoms with Crippen LogP contribution in [0.2, 0.25) is 0 Å². The number of rotatable bonds is 5. The molecule has 0 heterocycles. The van der Waals surface area contributed by atoms with Gasteiger partial charge in [-0.3, -0.25) is 0 Å². The summed E-state index contributed by atoms with van der Waals surface area (Å²) in [4.78, 5) is 0. The molecule has 7 rings (SSSR count). The topological polar surface area (TPSA) is 0 Å². The summed E-state index contributed by atoms with van der Waals surface area (Å²) < 4.78 is 2.43. The zero-order chi connectivity index (χ0) is 31.6. The van der Waals surface area contributed by atoms with Gasteiger partial charge in [-0.05, 0) is 24.0 Å². The predicted molar refractivity (Wildman–Crippen MR) is 190 cm³/mol. The van der Waals surface area contributed by atoms with E-state index in [1.807, 2.05) is 0 Å². The largest absolute Gasteiger partial charge is 0.0622 e. The number of hydrogen-bond donors (Lipinski definition) is 0. The van der Waals surface area contributed by atoms with Gasteiger partial charge in [0.2, 0.25) is 0 Å². The summed E-state index contributed by atoms with van der Waals surface area (Å²) >= 11 is -1.15. The summed E-state index contributed by atoms with van der Waals surface area (Å²) in [5, 5.41) is 0. The molecule has 0 saturated heterocycles. The van der Waals surface area contributed by atoms with Crippen molar-refractivity contribution in [1.82, 2.24) is 0 Å². The third kappa shape index (κ3) is 7.25. The molecule has 5 aromatic rings. The van der Waals surface area contributed by atoms with E-state index in [4.69, 9.17) is 0 Å². The Morgan fingerprint density at radius 3 is 1.84 bits per heavy atom. The smallest absolute Gasteiger partial charge is 0.0238 e. The maximum Gasteiger partial charge on any atom is -0.0238 e. The second kappa shape index (κ2) is 13.2. The van der Waals surface area contributed by atoms with Crippen molar-refractivity contribution in [1.29, 1.82) is 0 Å². The molecule has 1 heteroatoms. The average molecular weight is 753 g/mol. The molecule has 0 bridgehead atoms. The Labute approximate surface area is 283 Å². The van der Waals surface area contributed by atoms with Crippen LogP contribution >= 0.6 is 0 Å². The van der Waals surface area contributed by atoms with Crippen LogP contribution in [0.1, 0.15) is 89.7 Å². The first-order valence-electron chi connectivity index (χ1n) is 16.5. The molecule has 0 radical (unpaired) electrons. The Kier molecular flexibility index (Phi) is 9.30. The Morgan fingerprint density at radius 1 is 0.622 bits per heavy atom. The molecule has 45 heavy (non-hydrogen) atoms. The van der Waals surface area contributed by atoms with Gasteiger partial charge in [-0.2, -0.15) is 0 Å². The average Bonchev–Trinajstić information content (AvgIpc) is 3.62. The fraction of sp³-hybridized carbons (Fsp3) is 0.273. The van der Waals surface area contributed by atoms with E-state index in [1.165, 1.54) is 38.9 Å². The van der Waals surface area contributed by atoms with Gasteiger partial charge in [0, 0.05) is 0 Å². The zero-order valence-electron chi connectivity index (χ0n) is 27.8. The van der Waals surface area contributed by atoms with Crippen molar-refractivity contribution in [2.45, 2.75) is 75.3 Å². The molecule has 0 aliphatic heterocycles. The number of aryl methyl sites for hydroxylation is 2. The van der Waals surface area contributed by atoms with Crippen LogP contribution in [0.25, 0.3) is 17.2 Å². The fourth-order valence-electron chi connectivity index (χ4n) is 6.64. The van der Waals surface area contributed by atoms with E-state index in [-0.39, 0.29) is 10.8 Å². The molecule has 2 aliphatic carbocycles. The first-order valence-corrected chi connectivity index (χ1v) is 20.4. The Bertz CT molecular complexity index is 1760. The number of hydrogen-bond acceptors (Lipinski definition) is 0. The van der Waals surface area contributed by atoms with E-state index >= 15 is 0 Å². The third-order valence-electron chi connectivity index (χ3n) is 9.24. The second-order valence-electron chi connectivity index (χ2n) is 14.6. The first-order chi connectivity index (χ1) is 21.6. The van der Waals surface area contributed by atoms with Gasteiger partial charge < -0.3 is 0 Å². The van der Waals surface area contributed by atoms with E-state index in [0.29, 0.717) is 3.67 Å². The Morgan fingerprint density at radius 2 is 1.22 bits per heavy atom. The van der Waals surface area contributed by atoms with Crippen LogP contribution in [0.5, 0.6) is 0 Å². The second-order valence-corrected chi connectivity index (χ2v) is 19.7. The van der Waals surface area contributed by atoms with Crippen LogP contribution in [-0.4, -0.2) is 0 Å². The summed E-state index contributed by atoms with van der Waals surface area (Å²) in [6.07, 6.45) is 8.23. The summed E-state index contributed by atoms with van der Waals surface area (Å²) in [5.74, 6) is 0. The molecule has 226 valence electrons. The van der Waals surface area contributed by atoms with Gasteiger partial charge in [0.15, 0.2) is 0 Å². The SMILES string of the molecule is CC(C)(C)c1ccc2c(c1)Cc1c-2ccc(C(C)(C)C)[c]1[Hf][CH]1C=Cc2ccccc21.c1ccc(CCc2ccccc2)cc1. The van der Waals surface area contributed by atoms with Gasteiger partial charge in [0.05, 0.1) is 0 Å². The van der Waals surface area contributed by atoms with Gasteiger partial charge in [-0.25, -0.2) is 0 Å². The maximum absolute atomic E-state index is 2.50. The standard InChI is InChI=1S/C21H25.C14H14.C9H7.Hf/c1-20(2,3)16-7-9-18-14(12-16)11-15-13-17(21(4,5)6)8-10-19(15)18;1-3-7-13(8-4-1)11-12-14-9-5-2-6-10-14;1-2-5-9-7-3-6-8(9)4-1;/h7-10,12H,11H2,1-6H3;1-10H,11-12H2;1-7H;. The number of fused-ring (bicyclic) bond motifs is 4. The predicted octanol–water partition coefficient (Wildman–Crippen LogP) is 10.8. The van der Waals surface area contributed by atoms with Crippen molar-refractivity contribution >= 4 is 9.40 Å². The Balaban J connectivity index is 0.000000213. The Hall–Kier alpha value is -3.29. The summed E-state index contributed by atoms with van der Waals surface area (Å²) in [7, 11) is 0. The van der Waals surface area contributed by atoms with Crippen molar-refractivity contribution in [3.63, 3.8) is 0 Å². The molecule has 0 fully saturated rings. The van der Waals surface area contributed by atoms with Crippen LogP contribution in [0.3, 0.4) is 0 Å². The van der Waals surface area contributed by atoms with Gasteiger partial charge in [0.25, 0.3) is 0 Å². The molecule has 1 unspecified atom stereocenters. The van der Waals surface area contributed by atoms with E-state index in [1.54, 1.807) is 20.0 Å². The minimum Gasteiger partial charge on any atom is -0.0622 e. The first kappa shape index (κ1) is 31.7. The number of allylic oxidation sites excluding steroid dienone is 1. The molecule has 0 aromatic heterocycles. The van der Waals surface area contributed by atoms with Gasteiger partial charge in [0.1, 0.15) is 0 Å². The van der Waals surface area contributed by atoms with E-state index in [9.17, 15) is 0 Å². The van der Waals surface area contributed by atoms with Crippen LogP contribution < -0.4 is 3.32 Å². The van der Waals surface area contributed by atoms with Crippen molar-refractivity contribution in [3.05, 3.63) is 166 Å². The normalized spacial score (nSPS) is 14.7. The molecule has 0 spiro atoms. The van der Waals surface area contributed by atoms with Gasteiger partial charge >= 0.3 is 200 Å². The monoisotopic (exact) mass is 754 g/mol. The van der Waals surface area contributed by atoms with Crippen LogP contribution in [0.4, 0.5) is 0 Å². The van der Waals surface area contributed by atoms with Crippen LogP contribution in [0.15, 0.2) is 121 Å². The summed E-state index contributed by atoms with van der Waals surface area (Å²) in [6.45, 7) is 14.1. The molecule has 0 saturated carbocycles. The molecule has 2 aliphatic rings. The molecular formula is C44H46Hf. The summed E-state index contributed by atoms with van der Waals surface area (Å²) in [6, 6.07) is 42.4. The molecule has 1 atom stereocenters. The molecular weight excluding hydrogens is 707 g/mol. The van der Waals surface area contributed by atoms with E-state index in [0.717, 1.165) is 19.3 Å². The van der Waals surface area contributed by atoms with Crippen molar-refractivity contribution in [2.24, 2.45) is 0 Å². The van der Waals surface area contributed by atoms with Crippen LogP contribution in [-0.2, 0) is 53.0 Å².